The van der Waals surface area contributed by atoms with Crippen molar-refractivity contribution < 1.29 is 37.2 Å². The van der Waals surface area contributed by atoms with Gasteiger partial charge in [0.15, 0.2) is 47.9 Å². The van der Waals surface area contributed by atoms with E-state index < -0.39 is 12.1 Å². The molecule has 0 radical (unpaired) electrons. The molecule has 8 nitrogen and oxygen atoms in total. The molecule has 4 aromatic carbocycles. The zero-order chi connectivity index (χ0) is 33.7. The number of nitrogens with zero attached hydrogens (tertiary/aromatic N) is 4. The fourth-order valence-electron chi connectivity index (χ4n) is 6.39. The van der Waals surface area contributed by atoms with Crippen LogP contribution in [-0.4, -0.2) is 81.4 Å². The molecule has 6 heterocycles. The Morgan fingerprint density at radius 2 is 0.562 bits per heavy atom. The summed E-state index contributed by atoms with van der Waals surface area (Å²) in [5.41, 5.74) is 4.36. The largest absolute Gasteiger partial charge is 0.704 e. The van der Waals surface area contributed by atoms with Crippen molar-refractivity contribution in [1.82, 2.24) is 0 Å². The molecule has 0 atom stereocenters. The van der Waals surface area contributed by atoms with Gasteiger partial charge in [-0.25, -0.2) is 0 Å². The van der Waals surface area contributed by atoms with Crippen LogP contribution in [0.25, 0.3) is 0 Å². The van der Waals surface area contributed by atoms with Crippen LogP contribution in [-0.2, 0) is 0 Å². The highest BCUT2D eigenvalue weighted by Crippen LogP contribution is 2.37. The normalized spacial score (nSPS) is 17.6. The minimum Gasteiger partial charge on any atom is -0.341 e. The molecule has 240 valence electrons. The van der Waals surface area contributed by atoms with Gasteiger partial charge in [-0.15, -0.1) is 39.5 Å². The molecule has 2 saturated heterocycles. The van der Waals surface area contributed by atoms with E-state index >= 15 is 0 Å². The quantitative estimate of drug-likeness (QED) is 0.182. The standard InChI is InChI=1S/2C17H14N2O2.3C2H4/c2*1-3-7-15-13(5-1)11-18-9-10-19-12-14-6-2-4-8-16(14)21-17(18,19)20-15;3*1-2/h2*1-8,11-12H,9-10H2;3*1-2H2/q2*+2;;;. The number of rotatable bonds is 0. The Labute approximate surface area is 281 Å². The van der Waals surface area contributed by atoms with E-state index in [1.165, 1.54) is 0 Å². The van der Waals surface area contributed by atoms with Gasteiger partial charge in [0.2, 0.25) is 26.2 Å². The molecule has 6 aliphatic heterocycles. The van der Waals surface area contributed by atoms with Gasteiger partial charge in [0.05, 0.1) is 22.3 Å². The second kappa shape index (κ2) is 13.4. The maximum absolute atomic E-state index is 6.27. The van der Waals surface area contributed by atoms with Crippen molar-refractivity contribution in [2.45, 2.75) is 12.1 Å². The van der Waals surface area contributed by atoms with E-state index in [1.807, 2.05) is 72.8 Å². The molecule has 0 N–H and O–H groups in total. The summed E-state index contributed by atoms with van der Waals surface area (Å²) in [7, 11) is 0. The number of ether oxygens (including phenoxy) is 4. The van der Waals surface area contributed by atoms with E-state index in [9.17, 15) is 0 Å². The summed E-state index contributed by atoms with van der Waals surface area (Å²) in [6.07, 6.45) is 8.50. The summed E-state index contributed by atoms with van der Waals surface area (Å²) >= 11 is 0. The molecule has 48 heavy (non-hydrogen) atoms. The second-order valence-electron chi connectivity index (χ2n) is 10.9. The molecule has 10 rings (SSSR count). The van der Waals surface area contributed by atoms with Gasteiger partial charge in [-0.05, 0) is 48.5 Å². The molecule has 0 amide bonds. The van der Waals surface area contributed by atoms with E-state index in [4.69, 9.17) is 18.9 Å². The summed E-state index contributed by atoms with van der Waals surface area (Å²) in [5, 5.41) is 0. The predicted octanol–water partition coefficient (Wildman–Crippen LogP) is 5.73. The van der Waals surface area contributed by atoms with Gasteiger partial charge in [0.25, 0.3) is 0 Å². The topological polar surface area (TPSA) is 49.0 Å². The Morgan fingerprint density at radius 1 is 0.354 bits per heavy atom. The Morgan fingerprint density at radius 3 is 0.792 bits per heavy atom. The van der Waals surface area contributed by atoms with E-state index in [1.54, 1.807) is 0 Å². The first-order chi connectivity index (χ1) is 23.7. The van der Waals surface area contributed by atoms with Crippen molar-refractivity contribution in [2.24, 2.45) is 0 Å². The molecule has 8 heteroatoms. The lowest BCUT2D eigenvalue weighted by atomic mass is 10.2. The first-order valence-electron chi connectivity index (χ1n) is 15.8. The van der Waals surface area contributed by atoms with Gasteiger partial charge in [0.1, 0.15) is 0 Å². The van der Waals surface area contributed by atoms with Crippen molar-refractivity contribution in [1.29, 1.82) is 0 Å². The predicted molar refractivity (Wildman–Crippen MR) is 189 cm³/mol. The van der Waals surface area contributed by atoms with Gasteiger partial charge >= 0.3 is 12.1 Å². The smallest absolute Gasteiger partial charge is 0.341 e. The Balaban J connectivity index is 0.000000145. The number of hydrogen-bond acceptors (Lipinski definition) is 4. The monoisotopic (exact) mass is 640 g/mol. The van der Waals surface area contributed by atoms with Gasteiger partial charge < -0.3 is 18.9 Å². The Hall–Kier alpha value is -6.02. The molecular weight excluding hydrogens is 600 g/mol. The highest BCUT2D eigenvalue weighted by molar-refractivity contribution is 5.83. The van der Waals surface area contributed by atoms with Gasteiger partial charge in [-0.3, -0.25) is 0 Å². The molecule has 0 saturated carbocycles. The average Bonchev–Trinajstić information content (AvgIpc) is 3.70. The molecule has 4 aromatic rings. The highest BCUT2D eigenvalue weighted by Gasteiger charge is 2.69. The van der Waals surface area contributed by atoms with Crippen LogP contribution < -0.4 is 18.9 Å². The summed E-state index contributed by atoms with van der Waals surface area (Å²) < 4.78 is 33.6. The van der Waals surface area contributed by atoms with Gasteiger partial charge in [0, 0.05) is 0 Å². The minimum absolute atomic E-state index is 0.855. The molecule has 0 unspecified atom stereocenters. The Bertz CT molecular complexity index is 1690. The summed E-state index contributed by atoms with van der Waals surface area (Å²) in [6, 6.07) is 30.5. The van der Waals surface area contributed by atoms with Crippen molar-refractivity contribution in [3.63, 3.8) is 0 Å². The fraction of sp³-hybridized carbons (Fsp3) is 0.150. The van der Waals surface area contributed by atoms with E-state index in [0.717, 1.165) is 71.4 Å². The lowest BCUT2D eigenvalue weighted by molar-refractivity contribution is -0.855. The first-order valence-corrected chi connectivity index (χ1v) is 15.8. The number of hydrogen-bond donors (Lipinski definition) is 0. The van der Waals surface area contributed by atoms with Gasteiger partial charge in [-0.1, -0.05) is 66.8 Å². The minimum atomic E-state index is -0.872. The average molecular weight is 641 g/mol. The van der Waals surface area contributed by atoms with Crippen molar-refractivity contribution >= 4 is 24.9 Å². The first kappa shape index (κ1) is 31.9. The SMILES string of the molecule is C1=[N+]2CC[N+]3=Cc4ccccc4OC23Oc2ccccc21.C1=[N+]2CC[N+]3=Cc4ccccc4OC23Oc2ccccc21.C=C.C=C.C=C. The van der Waals surface area contributed by atoms with Crippen molar-refractivity contribution in [3.05, 3.63) is 159 Å². The van der Waals surface area contributed by atoms with Crippen LogP contribution in [0.5, 0.6) is 23.0 Å². The number of para-hydroxylation sites is 4. The summed E-state index contributed by atoms with van der Waals surface area (Å²) in [6.45, 7) is 21.5. The van der Waals surface area contributed by atoms with Crippen LogP contribution in [0.15, 0.2) is 137 Å². The fourth-order valence-corrected chi connectivity index (χ4v) is 6.39. The lowest BCUT2D eigenvalue weighted by Gasteiger charge is -2.26. The zero-order valence-electron chi connectivity index (χ0n) is 27.0. The molecule has 0 aromatic heterocycles. The van der Waals surface area contributed by atoms with E-state index in [2.05, 4.69) is 107 Å². The molecular formula is C40H40N4O4+4. The molecule has 0 aliphatic carbocycles. The van der Waals surface area contributed by atoms with Crippen LogP contribution in [0.4, 0.5) is 0 Å². The van der Waals surface area contributed by atoms with Gasteiger partial charge in [-0.2, -0.15) is 0 Å². The van der Waals surface area contributed by atoms with Crippen molar-refractivity contribution in [3.8, 4) is 23.0 Å². The third kappa shape index (κ3) is 5.21. The molecule has 2 spiro atoms. The van der Waals surface area contributed by atoms with Crippen LogP contribution in [0, 0.1) is 0 Å². The molecule has 6 aliphatic rings. The Kier molecular flexibility index (Phi) is 8.90. The van der Waals surface area contributed by atoms with E-state index in [-0.39, 0.29) is 0 Å². The highest BCUT2D eigenvalue weighted by atomic mass is 16.8. The summed E-state index contributed by atoms with van der Waals surface area (Å²) in [4.78, 5) is 0. The van der Waals surface area contributed by atoms with E-state index in [0.29, 0.717) is 0 Å². The molecule has 0 bridgehead atoms. The van der Waals surface area contributed by atoms with Crippen LogP contribution in [0.2, 0.25) is 0 Å². The maximum atomic E-state index is 6.27. The zero-order valence-corrected chi connectivity index (χ0v) is 27.0. The number of benzene rings is 4. The number of fused-ring (bicyclic) bond motifs is 4. The lowest BCUT2D eigenvalue weighted by Crippen LogP contribution is -2.59. The van der Waals surface area contributed by atoms with Crippen LogP contribution >= 0.6 is 0 Å². The van der Waals surface area contributed by atoms with Crippen molar-refractivity contribution in [2.75, 3.05) is 26.2 Å². The summed E-state index contributed by atoms with van der Waals surface area (Å²) in [5.74, 6) is 3.42. The third-order valence-electron chi connectivity index (χ3n) is 8.44. The maximum Gasteiger partial charge on any atom is 0.704 e. The molecule has 2 fully saturated rings. The second-order valence-corrected chi connectivity index (χ2v) is 10.9. The third-order valence-corrected chi connectivity index (χ3v) is 8.44. The van der Waals surface area contributed by atoms with Crippen LogP contribution in [0.1, 0.15) is 22.3 Å². The van der Waals surface area contributed by atoms with Crippen LogP contribution in [0.3, 0.4) is 0 Å².